The number of para-hydroxylation sites is 10. The maximum absolute atomic E-state index is 6.14. The van der Waals surface area contributed by atoms with Crippen LogP contribution in [0.3, 0.4) is 0 Å². The minimum Gasteiger partial charge on any atom is -0.456 e. The van der Waals surface area contributed by atoms with Crippen LogP contribution < -0.4 is 0 Å². The molecular weight excluding hydrogens is 1650 g/mol. The van der Waals surface area contributed by atoms with Gasteiger partial charge in [0.15, 0.2) is 0 Å². The summed E-state index contributed by atoms with van der Waals surface area (Å²) in [6, 6.07) is 176. The molecule has 0 atom stereocenters. The second kappa shape index (κ2) is 31.2. The Morgan fingerprint density at radius 2 is 0.390 bits per heavy atom. The zero-order valence-corrected chi connectivity index (χ0v) is 74.8. The van der Waals surface area contributed by atoms with Gasteiger partial charge in [0.05, 0.1) is 66.2 Å². The molecule has 1 aliphatic rings. The lowest BCUT2D eigenvalue weighted by Gasteiger charge is -2.22. The van der Waals surface area contributed by atoms with Crippen molar-refractivity contribution in [3.63, 3.8) is 0 Å². The zero-order chi connectivity index (χ0) is 89.8. The predicted octanol–water partition coefficient (Wildman–Crippen LogP) is 34.5. The molecule has 0 amide bonds. The highest BCUT2D eigenvalue weighted by Gasteiger charge is 2.36. The van der Waals surface area contributed by atoms with Crippen molar-refractivity contribution in [1.29, 1.82) is 0 Å². The van der Waals surface area contributed by atoms with Crippen molar-refractivity contribution in [1.82, 2.24) is 27.4 Å². The molecule has 7 nitrogen and oxygen atoms in total. The number of benzene rings is 21. The molecule has 28 aromatic rings. The van der Waals surface area contributed by atoms with E-state index < -0.39 is 0 Å². The van der Waals surface area contributed by atoms with E-state index in [9.17, 15) is 0 Å². The van der Waals surface area contributed by atoms with Gasteiger partial charge in [-0.25, -0.2) is 0 Å². The fourth-order valence-electron chi connectivity index (χ4n) is 22.4. The largest absolute Gasteiger partial charge is 0.456 e. The van der Waals surface area contributed by atoms with Crippen molar-refractivity contribution in [2.24, 2.45) is 0 Å². The first-order valence-electron chi connectivity index (χ1n) is 46.9. The summed E-state index contributed by atoms with van der Waals surface area (Å²) in [5.41, 5.74) is 38.7. The van der Waals surface area contributed by atoms with Gasteiger partial charge < -0.3 is 31.8 Å². The molecule has 0 spiro atoms. The molecule has 7 heteroatoms. The third kappa shape index (κ3) is 12.4. The topological polar surface area (TPSA) is 42.7 Å². The number of nitrogens with zero attached hydrogens (tertiary/aromatic N) is 6. The van der Waals surface area contributed by atoms with E-state index in [1.807, 2.05) is 12.1 Å². The second-order valence-electron chi connectivity index (χ2n) is 36.6. The fourth-order valence-corrected chi connectivity index (χ4v) is 22.4. The van der Waals surface area contributed by atoms with Gasteiger partial charge in [-0.05, 0) is 261 Å². The molecule has 0 saturated heterocycles. The van der Waals surface area contributed by atoms with Gasteiger partial charge in [0.2, 0.25) is 0 Å². The molecule has 0 radical (unpaired) electrons. The Bertz CT molecular complexity index is 9690. The zero-order valence-electron chi connectivity index (χ0n) is 74.8. The van der Waals surface area contributed by atoms with Gasteiger partial charge in [-0.1, -0.05) is 305 Å². The summed E-state index contributed by atoms with van der Waals surface area (Å²) in [6.45, 7) is 4.71. The molecular formula is C129H86N6O. The average Bonchev–Trinajstić information content (AvgIpc) is 1.59. The molecule has 7 aromatic heterocycles. The van der Waals surface area contributed by atoms with Crippen molar-refractivity contribution in [3.05, 3.63) is 496 Å². The summed E-state index contributed by atoms with van der Waals surface area (Å²) in [5.74, 6) is 0. The highest BCUT2D eigenvalue weighted by molar-refractivity contribution is 6.18. The Labute approximate surface area is 784 Å². The summed E-state index contributed by atoms with van der Waals surface area (Å²) < 4.78 is 20.5. The second-order valence-corrected chi connectivity index (χ2v) is 36.6. The number of fused-ring (bicyclic) bond motifs is 24. The van der Waals surface area contributed by atoms with Crippen LogP contribution in [0.15, 0.2) is 490 Å². The molecule has 7 heterocycles. The van der Waals surface area contributed by atoms with E-state index >= 15 is 0 Å². The van der Waals surface area contributed by atoms with E-state index in [2.05, 4.69) is 514 Å². The Kier molecular flexibility index (Phi) is 17.9. The smallest absolute Gasteiger partial charge is 0.135 e. The Morgan fingerprint density at radius 3 is 0.757 bits per heavy atom. The van der Waals surface area contributed by atoms with Crippen LogP contribution in [0.4, 0.5) is 0 Å². The van der Waals surface area contributed by atoms with Gasteiger partial charge in [0, 0.05) is 115 Å². The lowest BCUT2D eigenvalue weighted by Crippen LogP contribution is -2.15. The Morgan fingerprint density at radius 1 is 0.147 bits per heavy atom. The van der Waals surface area contributed by atoms with Gasteiger partial charge in [0.1, 0.15) is 11.2 Å². The number of rotatable bonds is 10. The summed E-state index contributed by atoms with van der Waals surface area (Å²) in [5, 5.41) is 17.4. The van der Waals surface area contributed by atoms with Crippen molar-refractivity contribution in [2.45, 2.75) is 19.3 Å². The van der Waals surface area contributed by atoms with Gasteiger partial charge in [-0.2, -0.15) is 0 Å². The van der Waals surface area contributed by atoms with E-state index in [1.165, 1.54) is 226 Å². The highest BCUT2D eigenvalue weighted by Crippen LogP contribution is 2.51. The SMILES string of the molecule is CC1(C)c2ccccc2-c2ccc(-n3c4ccccc4c4cc(-c5ccc6c(c5)c5ccccc5n6-c5ccccc5)ccc43)cc21.c1ccc(-c2ccc(-n3c4ccccc4c4cc(-c5ccc6c(c5)c5ccccc5n6-c5ccccc5)ccc43)cc2)cc1.c1ccc(-n2c3ccccc3c3cc(-c4ccc5c(c4)c4ccccc4n5-c4ccc5oc6ccccc6c5c4)ccc32)cc1. The maximum atomic E-state index is 6.14. The van der Waals surface area contributed by atoms with E-state index in [-0.39, 0.29) is 5.41 Å². The van der Waals surface area contributed by atoms with Crippen molar-refractivity contribution in [3.8, 4) is 89.8 Å². The van der Waals surface area contributed by atoms with Crippen LogP contribution in [0.1, 0.15) is 25.0 Å². The molecule has 21 aromatic carbocycles. The minimum atomic E-state index is -0.0455. The van der Waals surface area contributed by atoms with E-state index in [0.29, 0.717) is 0 Å². The van der Waals surface area contributed by atoms with Crippen LogP contribution >= 0.6 is 0 Å². The molecule has 0 aliphatic heterocycles. The van der Waals surface area contributed by atoms with Crippen molar-refractivity contribution >= 4 is 153 Å². The van der Waals surface area contributed by atoms with E-state index in [4.69, 9.17) is 4.42 Å². The van der Waals surface area contributed by atoms with E-state index in [0.717, 1.165) is 27.6 Å². The lowest BCUT2D eigenvalue weighted by atomic mass is 9.82. The maximum Gasteiger partial charge on any atom is 0.135 e. The first-order valence-corrected chi connectivity index (χ1v) is 46.9. The molecule has 638 valence electrons. The minimum absolute atomic E-state index is 0.0455. The molecule has 136 heavy (non-hydrogen) atoms. The predicted molar refractivity (Wildman–Crippen MR) is 572 cm³/mol. The highest BCUT2D eigenvalue weighted by atomic mass is 16.3. The first-order chi connectivity index (χ1) is 67.2. The summed E-state index contributed by atoms with van der Waals surface area (Å²) in [4.78, 5) is 0. The molecule has 0 N–H and O–H groups in total. The normalized spacial score (nSPS) is 12.4. The lowest BCUT2D eigenvalue weighted by molar-refractivity contribution is 0.660. The third-order valence-electron chi connectivity index (χ3n) is 28.8. The van der Waals surface area contributed by atoms with Gasteiger partial charge in [0.25, 0.3) is 0 Å². The van der Waals surface area contributed by atoms with Gasteiger partial charge in [-0.15, -0.1) is 0 Å². The molecule has 0 unspecified atom stereocenters. The number of furan rings is 1. The molecule has 0 bridgehead atoms. The van der Waals surface area contributed by atoms with Crippen molar-refractivity contribution < 1.29 is 4.42 Å². The van der Waals surface area contributed by atoms with Crippen LogP contribution in [0.2, 0.25) is 0 Å². The quantitative estimate of drug-likeness (QED) is 0.135. The fraction of sp³-hybridized carbons (Fsp3) is 0.0233. The Hall–Kier alpha value is -17.8. The van der Waals surface area contributed by atoms with Crippen LogP contribution in [-0.2, 0) is 5.41 Å². The van der Waals surface area contributed by atoms with E-state index in [1.54, 1.807) is 0 Å². The Balaban J connectivity index is 0.000000103. The van der Waals surface area contributed by atoms with Crippen LogP contribution in [0.25, 0.3) is 243 Å². The number of aromatic nitrogens is 6. The molecule has 29 rings (SSSR count). The first kappa shape index (κ1) is 78.1. The average molecular weight is 1740 g/mol. The van der Waals surface area contributed by atoms with Gasteiger partial charge in [-0.3, -0.25) is 0 Å². The van der Waals surface area contributed by atoms with Crippen LogP contribution in [-0.4, -0.2) is 27.4 Å². The van der Waals surface area contributed by atoms with Crippen LogP contribution in [0, 0.1) is 0 Å². The summed E-state index contributed by atoms with van der Waals surface area (Å²) in [6.07, 6.45) is 0. The van der Waals surface area contributed by atoms with Crippen LogP contribution in [0.5, 0.6) is 0 Å². The summed E-state index contributed by atoms with van der Waals surface area (Å²) >= 11 is 0. The van der Waals surface area contributed by atoms with Gasteiger partial charge >= 0.3 is 0 Å². The third-order valence-corrected chi connectivity index (χ3v) is 28.8. The number of hydrogen-bond donors (Lipinski definition) is 0. The molecule has 0 fully saturated rings. The summed E-state index contributed by atoms with van der Waals surface area (Å²) in [7, 11) is 0. The monoisotopic (exact) mass is 1730 g/mol. The molecule has 1 aliphatic carbocycles. The van der Waals surface area contributed by atoms with Crippen molar-refractivity contribution in [2.75, 3.05) is 0 Å². The molecule has 0 saturated carbocycles. The number of hydrogen-bond acceptors (Lipinski definition) is 1. The standard InChI is InChI=1S/C45H32N2.C42H26N2O.C42H28N2/c1-45(2)39-17-9-6-14-33(39)34-23-22-32(28-40(34)45)47-42-19-11-8-16-36(42)38-27-30(21-25-44(38)47)29-20-24-43-37(26-29)35-15-7-10-18-41(35)46(43)31-12-4-3-5-13-31;1-2-10-29(11-3-1)43-37-15-7-4-12-31(37)34-24-27(18-21-39(34)43)28-19-22-40-35(25-28)32-13-5-8-16-38(32)44(40)30-20-23-42-36(26-30)33-14-6-9-17-41(33)45-42;1-3-11-29(12-4-1)30-19-23-34(24-20-30)44-40-18-10-8-16-36(40)38-28-32(22-26-42(38)44)31-21-25-41-37(27-31)35-15-7-9-17-39(35)43(41)33-13-5-2-6-14-33/h3-28H,1-2H3;1-26H;1-28H.